The van der Waals surface area contributed by atoms with Crippen molar-refractivity contribution in [2.75, 3.05) is 0 Å². The van der Waals surface area contributed by atoms with Crippen LogP contribution in [-0.4, -0.2) is 11.6 Å². The van der Waals surface area contributed by atoms with Crippen LogP contribution in [0.1, 0.15) is 45.6 Å². The number of hydrogen-bond acceptors (Lipinski definition) is 2. The van der Waals surface area contributed by atoms with Crippen molar-refractivity contribution < 1.29 is 13.9 Å². The molecule has 0 aliphatic carbocycles. The summed E-state index contributed by atoms with van der Waals surface area (Å²) in [4.78, 5) is 12.1. The van der Waals surface area contributed by atoms with E-state index in [-0.39, 0.29) is 23.1 Å². The fourth-order valence-corrected chi connectivity index (χ4v) is 2.25. The number of cyclic esters (lactones) is 1. The Morgan fingerprint density at radius 2 is 1.72 bits per heavy atom. The van der Waals surface area contributed by atoms with Gasteiger partial charge in [-0.3, -0.25) is 4.79 Å². The number of carbonyl (C=O) groups is 1. The Balaban J connectivity index is 2.31. The van der Waals surface area contributed by atoms with Crippen LogP contribution in [-0.2, 0) is 9.53 Å². The second-order valence-corrected chi connectivity index (χ2v) is 6.12. The maximum absolute atomic E-state index is 12.9. The molecular weight excluding hydrogens is 231 g/mol. The Hall–Kier alpha value is -1.38. The zero-order valence-corrected chi connectivity index (χ0v) is 11.3. The smallest absolute Gasteiger partial charge is 0.313 e. The van der Waals surface area contributed by atoms with Crippen LogP contribution in [0, 0.1) is 11.2 Å². The van der Waals surface area contributed by atoms with E-state index in [2.05, 4.69) is 13.8 Å². The van der Waals surface area contributed by atoms with Gasteiger partial charge < -0.3 is 4.74 Å². The summed E-state index contributed by atoms with van der Waals surface area (Å²) in [6.45, 7) is 8.06. The average Bonchev–Trinajstić information content (AvgIpc) is 2.25. The van der Waals surface area contributed by atoms with Crippen molar-refractivity contribution in [1.29, 1.82) is 0 Å². The van der Waals surface area contributed by atoms with Gasteiger partial charge >= 0.3 is 5.97 Å². The monoisotopic (exact) mass is 250 g/mol. The lowest BCUT2D eigenvalue weighted by Crippen LogP contribution is -2.50. The molecule has 0 N–H and O–H groups in total. The zero-order valence-electron chi connectivity index (χ0n) is 11.3. The molecule has 0 aromatic heterocycles. The Morgan fingerprint density at radius 3 is 2.28 bits per heavy atom. The summed E-state index contributed by atoms with van der Waals surface area (Å²) in [5.41, 5.74) is 0.241. The van der Waals surface area contributed by atoms with Gasteiger partial charge in [0.05, 0.1) is 5.92 Å². The van der Waals surface area contributed by atoms with Crippen molar-refractivity contribution in [3.63, 3.8) is 0 Å². The van der Waals surface area contributed by atoms with Gasteiger partial charge in [0, 0.05) is 5.41 Å². The molecule has 1 aliphatic heterocycles. The van der Waals surface area contributed by atoms with E-state index in [1.54, 1.807) is 12.1 Å². The summed E-state index contributed by atoms with van der Waals surface area (Å²) in [6.07, 6.45) is 0.713. The van der Waals surface area contributed by atoms with Gasteiger partial charge in [-0.1, -0.05) is 26.0 Å². The van der Waals surface area contributed by atoms with Crippen molar-refractivity contribution >= 4 is 5.97 Å². The van der Waals surface area contributed by atoms with E-state index < -0.39 is 5.60 Å². The highest BCUT2D eigenvalue weighted by Gasteiger charge is 2.48. The molecule has 98 valence electrons. The summed E-state index contributed by atoms with van der Waals surface area (Å²) in [5.74, 6) is -0.804. The van der Waals surface area contributed by atoms with Crippen LogP contribution >= 0.6 is 0 Å². The van der Waals surface area contributed by atoms with Crippen LogP contribution in [0.2, 0.25) is 0 Å². The van der Waals surface area contributed by atoms with E-state index in [9.17, 15) is 9.18 Å². The van der Waals surface area contributed by atoms with E-state index in [1.165, 1.54) is 12.1 Å². The molecule has 0 spiro atoms. The van der Waals surface area contributed by atoms with Gasteiger partial charge in [-0.25, -0.2) is 4.39 Å². The van der Waals surface area contributed by atoms with Crippen molar-refractivity contribution in [1.82, 2.24) is 0 Å². The quantitative estimate of drug-likeness (QED) is 0.711. The number of ether oxygens (including phenoxy) is 1. The molecule has 2 nitrogen and oxygen atoms in total. The second kappa shape index (κ2) is 4.08. The maximum atomic E-state index is 12.9. The van der Waals surface area contributed by atoms with Gasteiger partial charge in [-0.15, -0.1) is 0 Å². The standard InChI is InChI=1S/C15H19FO2/c1-14(2)9-12(13(17)18-15(14,3)4)10-5-7-11(16)8-6-10/h5-8,12H,9H2,1-4H3. The predicted octanol–water partition coefficient (Wildman–Crippen LogP) is 3.66. The van der Waals surface area contributed by atoms with Crippen LogP contribution < -0.4 is 0 Å². The summed E-state index contributed by atoms with van der Waals surface area (Å²) in [5, 5.41) is 0. The number of carbonyl (C=O) groups excluding carboxylic acids is 1. The Morgan fingerprint density at radius 1 is 1.17 bits per heavy atom. The molecule has 0 amide bonds. The van der Waals surface area contributed by atoms with Crippen LogP contribution in [0.4, 0.5) is 4.39 Å². The van der Waals surface area contributed by atoms with Crippen molar-refractivity contribution in [2.24, 2.45) is 5.41 Å². The fourth-order valence-electron chi connectivity index (χ4n) is 2.25. The Kier molecular flexibility index (Phi) is 2.96. The van der Waals surface area contributed by atoms with Gasteiger partial charge in [-0.05, 0) is 38.0 Å². The lowest BCUT2D eigenvalue weighted by Gasteiger charge is -2.47. The van der Waals surface area contributed by atoms with Crippen LogP contribution in [0.5, 0.6) is 0 Å². The molecule has 3 heteroatoms. The second-order valence-electron chi connectivity index (χ2n) is 6.12. The van der Waals surface area contributed by atoms with E-state index >= 15 is 0 Å². The van der Waals surface area contributed by atoms with Crippen molar-refractivity contribution in [3.8, 4) is 0 Å². The normalized spacial score (nSPS) is 25.6. The molecule has 0 bridgehead atoms. The van der Waals surface area contributed by atoms with Crippen LogP contribution in [0.3, 0.4) is 0 Å². The number of benzene rings is 1. The number of rotatable bonds is 1. The summed E-state index contributed by atoms with van der Waals surface area (Å²) >= 11 is 0. The molecule has 18 heavy (non-hydrogen) atoms. The molecule has 1 aromatic carbocycles. The third kappa shape index (κ3) is 2.14. The molecule has 1 fully saturated rings. The largest absolute Gasteiger partial charge is 0.459 e. The third-order valence-electron chi connectivity index (χ3n) is 4.26. The number of hydrogen-bond donors (Lipinski definition) is 0. The zero-order chi connectivity index (χ0) is 13.6. The summed E-state index contributed by atoms with van der Waals surface area (Å²) < 4.78 is 18.5. The van der Waals surface area contributed by atoms with Gasteiger partial charge in [0.1, 0.15) is 11.4 Å². The minimum Gasteiger partial charge on any atom is -0.459 e. The maximum Gasteiger partial charge on any atom is 0.313 e. The van der Waals surface area contributed by atoms with E-state index in [0.717, 1.165) is 5.56 Å². The SMILES string of the molecule is CC1(C)CC(c2ccc(F)cc2)C(=O)OC1(C)C. The van der Waals surface area contributed by atoms with E-state index in [4.69, 9.17) is 4.74 Å². The molecule has 1 heterocycles. The van der Waals surface area contributed by atoms with Gasteiger partial charge in [0.15, 0.2) is 0 Å². The highest BCUT2D eigenvalue weighted by atomic mass is 19.1. The van der Waals surface area contributed by atoms with Crippen LogP contribution in [0.25, 0.3) is 0 Å². The lowest BCUT2D eigenvalue weighted by atomic mass is 9.68. The van der Waals surface area contributed by atoms with Gasteiger partial charge in [0.2, 0.25) is 0 Å². The van der Waals surface area contributed by atoms with Gasteiger partial charge in [0.25, 0.3) is 0 Å². The molecule has 1 aromatic rings. The lowest BCUT2D eigenvalue weighted by molar-refractivity contribution is -0.184. The average molecular weight is 250 g/mol. The first kappa shape index (κ1) is 13.1. The van der Waals surface area contributed by atoms with Gasteiger partial charge in [-0.2, -0.15) is 0 Å². The molecule has 1 atom stereocenters. The van der Waals surface area contributed by atoms with E-state index in [1.807, 2.05) is 13.8 Å². The Labute approximate surface area is 107 Å². The van der Waals surface area contributed by atoms with Crippen molar-refractivity contribution in [3.05, 3.63) is 35.6 Å². The molecule has 0 saturated carbocycles. The first-order valence-corrected chi connectivity index (χ1v) is 6.21. The first-order valence-electron chi connectivity index (χ1n) is 6.21. The number of halogens is 1. The first-order chi connectivity index (χ1) is 8.23. The highest BCUT2D eigenvalue weighted by Crippen LogP contribution is 2.47. The Bertz CT molecular complexity index is 460. The van der Waals surface area contributed by atoms with Crippen LogP contribution in [0.15, 0.2) is 24.3 Å². The fraction of sp³-hybridized carbons (Fsp3) is 0.533. The molecule has 2 rings (SSSR count). The highest BCUT2D eigenvalue weighted by molar-refractivity contribution is 5.79. The topological polar surface area (TPSA) is 26.3 Å². The minimum absolute atomic E-state index is 0.111. The molecule has 1 saturated heterocycles. The summed E-state index contributed by atoms with van der Waals surface area (Å²) in [6, 6.07) is 6.09. The molecular formula is C15H19FO2. The molecule has 1 aliphatic rings. The summed E-state index contributed by atoms with van der Waals surface area (Å²) in [7, 11) is 0. The predicted molar refractivity (Wildman–Crippen MR) is 67.7 cm³/mol. The van der Waals surface area contributed by atoms with E-state index in [0.29, 0.717) is 6.42 Å². The van der Waals surface area contributed by atoms with Crippen molar-refractivity contribution in [2.45, 2.75) is 45.6 Å². The third-order valence-corrected chi connectivity index (χ3v) is 4.26. The minimum atomic E-state index is -0.472. The molecule has 1 unspecified atom stereocenters. The molecule has 0 radical (unpaired) electrons. The number of esters is 1.